The molecule has 0 radical (unpaired) electrons. The third kappa shape index (κ3) is 5.51. The van der Waals surface area contributed by atoms with E-state index in [-0.39, 0.29) is 22.7 Å². The average Bonchev–Trinajstić information content (AvgIpc) is 2.89. The largest absolute Gasteiger partial charge is 0.433 e. The second-order valence-electron chi connectivity index (χ2n) is 9.78. The number of carbonyl (C=O) groups excluding carboxylic acids is 1. The Morgan fingerprint density at radius 2 is 1.79 bits per heavy atom. The SMILES string of the molecule is CN1CCN(CCNC(=O)C(=N)c2c(N)ccc3nc(/C(=C/N)C(=N)C(F)(F)F)c4c(c23)CCCC4)CC1. The number of carbonyl (C=O) groups is 1. The lowest BCUT2D eigenvalue weighted by Crippen LogP contribution is -2.47. The standard InChI is InChI=1S/C26H33F3N8O/c1-36-10-12-37(13-11-36)9-8-34-25(38)22(32)21-18(31)6-7-19-20(21)15-4-2-3-5-16(15)23(35-19)17(14-30)24(33)26(27,28)29/h6-7,14,32-33H,2-5,8-13,30-31H2,1H3,(H,34,38)/b17-14-,32-22?,33-24?. The number of aryl methyl sites for hydroxylation is 1. The van der Waals surface area contributed by atoms with Crippen LogP contribution < -0.4 is 16.8 Å². The zero-order valence-corrected chi connectivity index (χ0v) is 21.3. The van der Waals surface area contributed by atoms with Gasteiger partial charge in [0.2, 0.25) is 0 Å². The number of pyridine rings is 1. The number of rotatable bonds is 7. The van der Waals surface area contributed by atoms with Crippen LogP contribution in [0.3, 0.4) is 0 Å². The Morgan fingerprint density at radius 3 is 2.42 bits per heavy atom. The van der Waals surface area contributed by atoms with Crippen LogP contribution in [-0.2, 0) is 17.6 Å². The van der Waals surface area contributed by atoms with Crippen LogP contribution >= 0.6 is 0 Å². The number of fused-ring (bicyclic) bond motifs is 3. The van der Waals surface area contributed by atoms with Crippen LogP contribution in [0.15, 0.2) is 18.3 Å². The summed E-state index contributed by atoms with van der Waals surface area (Å²) in [6.07, 6.45) is -1.65. The summed E-state index contributed by atoms with van der Waals surface area (Å²) in [6.45, 7) is 4.77. The molecule has 204 valence electrons. The lowest BCUT2D eigenvalue weighted by atomic mass is 9.83. The van der Waals surface area contributed by atoms with Gasteiger partial charge in [-0.1, -0.05) is 0 Å². The summed E-state index contributed by atoms with van der Waals surface area (Å²) in [5.41, 5.74) is 11.5. The van der Waals surface area contributed by atoms with Gasteiger partial charge < -0.3 is 21.7 Å². The molecule has 12 heteroatoms. The van der Waals surface area contributed by atoms with Crippen molar-refractivity contribution in [2.24, 2.45) is 5.73 Å². The molecule has 0 unspecified atom stereocenters. The number of allylic oxidation sites excluding steroid dienone is 1. The number of hydrogen-bond acceptors (Lipinski definition) is 8. The number of nitrogens with zero attached hydrogens (tertiary/aromatic N) is 3. The van der Waals surface area contributed by atoms with Crippen molar-refractivity contribution >= 4 is 39.5 Å². The Bertz CT molecular complexity index is 1300. The fraction of sp³-hybridized carbons (Fsp3) is 0.462. The summed E-state index contributed by atoms with van der Waals surface area (Å²) < 4.78 is 40.3. The molecule has 0 atom stereocenters. The molecule has 2 heterocycles. The monoisotopic (exact) mass is 530 g/mol. The first kappa shape index (κ1) is 27.5. The topological polar surface area (TPSA) is 148 Å². The Kier molecular flexibility index (Phi) is 8.02. The maximum atomic E-state index is 13.4. The zero-order chi connectivity index (χ0) is 27.6. The number of benzene rings is 1. The van der Waals surface area contributed by atoms with Crippen LogP contribution in [0.2, 0.25) is 0 Å². The van der Waals surface area contributed by atoms with Gasteiger partial charge in [0.25, 0.3) is 5.91 Å². The Labute approximate surface area is 219 Å². The quantitative estimate of drug-likeness (QED) is 0.274. The second-order valence-corrected chi connectivity index (χ2v) is 9.78. The number of nitrogens with two attached hydrogens (primary N) is 2. The lowest BCUT2D eigenvalue weighted by Gasteiger charge is -2.32. The Morgan fingerprint density at radius 1 is 1.13 bits per heavy atom. The number of amides is 1. The van der Waals surface area contributed by atoms with E-state index >= 15 is 0 Å². The smallest absolute Gasteiger partial charge is 0.404 e. The summed E-state index contributed by atoms with van der Waals surface area (Å²) in [5, 5.41) is 19.7. The summed E-state index contributed by atoms with van der Waals surface area (Å²) >= 11 is 0. The van der Waals surface area contributed by atoms with E-state index in [0.717, 1.165) is 45.2 Å². The molecule has 2 aromatic rings. The number of likely N-dealkylation sites (N-methyl/N-ethyl adjacent to an activating group) is 1. The molecular weight excluding hydrogens is 497 g/mol. The molecule has 1 aromatic carbocycles. The molecule has 1 aliphatic heterocycles. The van der Waals surface area contributed by atoms with Crippen LogP contribution in [0.4, 0.5) is 18.9 Å². The first-order chi connectivity index (χ1) is 18.0. The van der Waals surface area contributed by atoms with Crippen LogP contribution in [0, 0.1) is 10.8 Å². The highest BCUT2D eigenvalue weighted by atomic mass is 19.4. The molecule has 9 nitrogen and oxygen atoms in total. The maximum Gasteiger partial charge on any atom is 0.433 e. The van der Waals surface area contributed by atoms with Crippen LogP contribution in [0.1, 0.15) is 35.2 Å². The van der Waals surface area contributed by atoms with E-state index in [1.807, 2.05) is 0 Å². The molecule has 0 saturated carbocycles. The fourth-order valence-electron chi connectivity index (χ4n) is 5.16. The van der Waals surface area contributed by atoms with Gasteiger partial charge >= 0.3 is 6.18 Å². The van der Waals surface area contributed by atoms with E-state index in [1.54, 1.807) is 6.07 Å². The molecule has 1 fully saturated rings. The van der Waals surface area contributed by atoms with Crippen LogP contribution in [-0.4, -0.2) is 84.6 Å². The third-order valence-electron chi connectivity index (χ3n) is 7.26. The molecular formula is C26H33F3N8O. The highest BCUT2D eigenvalue weighted by molar-refractivity contribution is 6.47. The summed E-state index contributed by atoms with van der Waals surface area (Å²) in [4.78, 5) is 22.0. The van der Waals surface area contributed by atoms with Crippen molar-refractivity contribution in [2.45, 2.75) is 31.9 Å². The predicted octanol–water partition coefficient (Wildman–Crippen LogP) is 2.31. The van der Waals surface area contributed by atoms with E-state index in [0.29, 0.717) is 48.0 Å². The number of aromatic nitrogens is 1. The minimum absolute atomic E-state index is 0.0101. The summed E-state index contributed by atoms with van der Waals surface area (Å²) in [5.74, 6) is -0.576. The van der Waals surface area contributed by atoms with E-state index in [1.165, 1.54) is 6.07 Å². The second kappa shape index (κ2) is 11.1. The zero-order valence-electron chi connectivity index (χ0n) is 21.3. The molecule has 1 aromatic heterocycles. The van der Waals surface area contributed by atoms with Gasteiger partial charge in [-0.3, -0.25) is 20.5 Å². The molecule has 7 N–H and O–H groups in total. The number of alkyl halides is 3. The van der Waals surface area contributed by atoms with Crippen molar-refractivity contribution in [1.82, 2.24) is 20.1 Å². The average molecular weight is 531 g/mol. The molecule has 1 amide bonds. The Balaban J connectivity index is 1.69. The van der Waals surface area contributed by atoms with Gasteiger partial charge in [0.05, 0.1) is 11.2 Å². The van der Waals surface area contributed by atoms with E-state index in [9.17, 15) is 18.0 Å². The minimum atomic E-state index is -4.89. The fourth-order valence-corrected chi connectivity index (χ4v) is 5.16. The highest BCUT2D eigenvalue weighted by Crippen LogP contribution is 2.38. The van der Waals surface area contributed by atoms with Gasteiger partial charge in [-0.05, 0) is 56.0 Å². The molecule has 0 spiro atoms. The van der Waals surface area contributed by atoms with Gasteiger partial charge in [-0.15, -0.1) is 0 Å². The van der Waals surface area contributed by atoms with E-state index < -0.39 is 23.4 Å². The van der Waals surface area contributed by atoms with Crippen molar-refractivity contribution in [3.8, 4) is 0 Å². The van der Waals surface area contributed by atoms with Crippen LogP contribution in [0.25, 0.3) is 16.5 Å². The molecule has 2 aliphatic rings. The first-order valence-electron chi connectivity index (χ1n) is 12.6. The van der Waals surface area contributed by atoms with Crippen molar-refractivity contribution in [3.63, 3.8) is 0 Å². The molecule has 4 rings (SSSR count). The van der Waals surface area contributed by atoms with Crippen molar-refractivity contribution in [2.75, 3.05) is 52.0 Å². The summed E-state index contributed by atoms with van der Waals surface area (Å²) in [7, 11) is 2.07. The van der Waals surface area contributed by atoms with Crippen molar-refractivity contribution in [1.29, 1.82) is 10.8 Å². The predicted molar refractivity (Wildman–Crippen MR) is 143 cm³/mol. The van der Waals surface area contributed by atoms with Gasteiger partial charge in [0.15, 0.2) is 0 Å². The lowest BCUT2D eigenvalue weighted by molar-refractivity contribution is -0.114. The number of nitrogen functional groups attached to an aromatic ring is 1. The van der Waals surface area contributed by atoms with Gasteiger partial charge in [-0.25, -0.2) is 4.98 Å². The molecule has 38 heavy (non-hydrogen) atoms. The van der Waals surface area contributed by atoms with Gasteiger partial charge in [-0.2, -0.15) is 13.2 Å². The molecule has 0 bridgehead atoms. The number of nitrogens with one attached hydrogen (secondary N) is 3. The Hall–Kier alpha value is -3.51. The van der Waals surface area contributed by atoms with E-state index in [2.05, 4.69) is 27.1 Å². The normalized spacial score (nSPS) is 17.3. The maximum absolute atomic E-state index is 13.4. The van der Waals surface area contributed by atoms with Crippen LogP contribution in [0.5, 0.6) is 0 Å². The van der Waals surface area contributed by atoms with E-state index in [4.69, 9.17) is 22.3 Å². The number of halogens is 3. The number of piperazine rings is 1. The first-order valence-corrected chi connectivity index (χ1v) is 12.6. The number of hydrogen-bond donors (Lipinski definition) is 5. The van der Waals surface area contributed by atoms with Gasteiger partial charge in [0.1, 0.15) is 11.4 Å². The minimum Gasteiger partial charge on any atom is -0.404 e. The molecule has 1 saturated heterocycles. The third-order valence-corrected chi connectivity index (χ3v) is 7.26. The molecule has 1 aliphatic carbocycles. The van der Waals surface area contributed by atoms with Crippen molar-refractivity contribution in [3.05, 3.63) is 40.7 Å². The van der Waals surface area contributed by atoms with Gasteiger partial charge in [0, 0.05) is 67.7 Å². The van der Waals surface area contributed by atoms with Crippen molar-refractivity contribution < 1.29 is 18.0 Å². The highest BCUT2D eigenvalue weighted by Gasteiger charge is 2.39. The summed E-state index contributed by atoms with van der Waals surface area (Å²) in [6, 6.07) is 3.06. The number of anilines is 1.